The predicted octanol–water partition coefficient (Wildman–Crippen LogP) is 6.49. The minimum absolute atomic E-state index is 0. The van der Waals surface area contributed by atoms with Crippen LogP contribution >= 0.6 is 35.6 Å². The fourth-order valence-electron chi connectivity index (χ4n) is 5.24. The van der Waals surface area contributed by atoms with Crippen molar-refractivity contribution in [2.24, 2.45) is 0 Å². The van der Waals surface area contributed by atoms with Gasteiger partial charge in [-0.3, -0.25) is 4.79 Å². The number of benzene rings is 3. The molecule has 184 valence electrons. The van der Waals surface area contributed by atoms with Gasteiger partial charge >= 0.3 is 0 Å². The van der Waals surface area contributed by atoms with E-state index in [2.05, 4.69) is 4.90 Å². The third-order valence-corrected chi connectivity index (χ3v) is 8.01. The summed E-state index contributed by atoms with van der Waals surface area (Å²) < 4.78 is 0. The SMILES string of the molecule is Cl.O=C1c2ccccc2CN1C(CCN1CCC(O)(c2ccccc2)CC1)c1ccc(Cl)c(Cl)c1. The number of carbonyl (C=O) groups is 1. The summed E-state index contributed by atoms with van der Waals surface area (Å²) in [5, 5.41) is 12.2. The van der Waals surface area contributed by atoms with Crippen LogP contribution in [0.5, 0.6) is 0 Å². The van der Waals surface area contributed by atoms with Crippen molar-refractivity contribution >= 4 is 41.5 Å². The lowest BCUT2D eigenvalue weighted by atomic mass is 9.84. The van der Waals surface area contributed by atoms with E-state index in [-0.39, 0.29) is 24.4 Å². The van der Waals surface area contributed by atoms with E-state index in [0.717, 1.165) is 48.3 Å². The minimum Gasteiger partial charge on any atom is -0.385 e. The second-order valence-corrected chi connectivity index (χ2v) is 10.1. The van der Waals surface area contributed by atoms with Crippen molar-refractivity contribution < 1.29 is 9.90 Å². The van der Waals surface area contributed by atoms with Gasteiger partial charge in [0.05, 0.1) is 21.7 Å². The van der Waals surface area contributed by atoms with Gasteiger partial charge in [0, 0.05) is 31.7 Å². The van der Waals surface area contributed by atoms with Crippen LogP contribution in [0.2, 0.25) is 10.0 Å². The molecule has 1 fully saturated rings. The maximum absolute atomic E-state index is 13.3. The summed E-state index contributed by atoms with van der Waals surface area (Å²) in [5.74, 6) is 0.0590. The van der Waals surface area contributed by atoms with Gasteiger partial charge in [-0.2, -0.15) is 0 Å². The number of amides is 1. The molecule has 4 nitrogen and oxygen atoms in total. The molecule has 1 N–H and O–H groups in total. The first-order valence-corrected chi connectivity index (χ1v) is 12.5. The monoisotopic (exact) mass is 530 g/mol. The number of nitrogens with zero attached hydrogens (tertiary/aromatic N) is 2. The molecule has 0 aromatic heterocycles. The molecule has 2 aliphatic rings. The second-order valence-electron chi connectivity index (χ2n) is 9.31. The molecule has 3 aromatic rings. The van der Waals surface area contributed by atoms with Crippen molar-refractivity contribution in [2.45, 2.75) is 37.5 Å². The number of fused-ring (bicyclic) bond motifs is 1. The summed E-state index contributed by atoms with van der Waals surface area (Å²) in [4.78, 5) is 17.6. The molecule has 2 heterocycles. The molecule has 0 spiro atoms. The van der Waals surface area contributed by atoms with Crippen LogP contribution in [0.1, 0.15) is 52.4 Å². The van der Waals surface area contributed by atoms with Crippen molar-refractivity contribution in [3.63, 3.8) is 0 Å². The lowest BCUT2D eigenvalue weighted by molar-refractivity contribution is -0.0271. The average molecular weight is 532 g/mol. The molecular formula is C28H29Cl3N2O2. The first kappa shape index (κ1) is 26.0. The Morgan fingerprint density at radius 2 is 1.60 bits per heavy atom. The number of hydrogen-bond acceptors (Lipinski definition) is 3. The predicted molar refractivity (Wildman–Crippen MR) is 143 cm³/mol. The lowest BCUT2D eigenvalue weighted by Gasteiger charge is -2.39. The molecule has 1 amide bonds. The Balaban J connectivity index is 0.00000289. The summed E-state index contributed by atoms with van der Waals surface area (Å²) in [6.45, 7) is 3.05. The van der Waals surface area contributed by atoms with E-state index < -0.39 is 5.60 Å². The Kier molecular flexibility index (Phi) is 8.09. The second kappa shape index (κ2) is 10.9. The van der Waals surface area contributed by atoms with E-state index in [4.69, 9.17) is 23.2 Å². The molecule has 1 saturated heterocycles. The van der Waals surface area contributed by atoms with Crippen molar-refractivity contribution in [3.05, 3.63) is 105 Å². The molecule has 1 atom stereocenters. The number of halogens is 3. The highest BCUT2D eigenvalue weighted by Crippen LogP contribution is 2.37. The summed E-state index contributed by atoms with van der Waals surface area (Å²) >= 11 is 12.5. The van der Waals surface area contributed by atoms with Crippen molar-refractivity contribution in [1.82, 2.24) is 9.80 Å². The zero-order valence-corrected chi connectivity index (χ0v) is 21.7. The maximum Gasteiger partial charge on any atom is 0.255 e. The molecule has 0 radical (unpaired) electrons. The highest BCUT2D eigenvalue weighted by atomic mass is 35.5. The standard InChI is InChI=1S/C28H28Cl2N2O2.ClH/c29-24-11-10-20(18-25(24)30)26(32-19-21-6-4-5-9-23(21)27(32)33)12-15-31-16-13-28(34,14-17-31)22-7-2-1-3-8-22;/h1-11,18,26,34H,12-17,19H2;1H. The van der Waals surface area contributed by atoms with E-state index in [1.165, 1.54) is 0 Å². The third kappa shape index (κ3) is 5.37. The summed E-state index contributed by atoms with van der Waals surface area (Å²) in [5.41, 5.74) is 3.05. The Morgan fingerprint density at radius 3 is 2.29 bits per heavy atom. The van der Waals surface area contributed by atoms with Crippen molar-refractivity contribution in [1.29, 1.82) is 0 Å². The normalized spacial score (nSPS) is 18.1. The molecule has 1 unspecified atom stereocenters. The van der Waals surface area contributed by atoms with Crippen molar-refractivity contribution in [3.8, 4) is 0 Å². The molecule has 2 aliphatic heterocycles. The average Bonchev–Trinajstić information content (AvgIpc) is 3.19. The molecule has 3 aromatic carbocycles. The van der Waals surface area contributed by atoms with Gasteiger partial charge in [-0.1, -0.05) is 77.8 Å². The zero-order valence-electron chi connectivity index (χ0n) is 19.4. The Bertz CT molecular complexity index is 1180. The number of aliphatic hydroxyl groups is 1. The first-order chi connectivity index (χ1) is 16.4. The number of likely N-dealkylation sites (tertiary alicyclic amines) is 1. The van der Waals surface area contributed by atoms with Gasteiger partial charge in [-0.25, -0.2) is 0 Å². The molecule has 5 rings (SSSR count). The van der Waals surface area contributed by atoms with Gasteiger partial charge in [0.25, 0.3) is 5.91 Å². The maximum atomic E-state index is 13.3. The van der Waals surface area contributed by atoms with E-state index in [0.29, 0.717) is 29.4 Å². The third-order valence-electron chi connectivity index (χ3n) is 7.27. The van der Waals surface area contributed by atoms with E-state index in [1.54, 1.807) is 6.07 Å². The van der Waals surface area contributed by atoms with Crippen LogP contribution in [0.25, 0.3) is 0 Å². The Morgan fingerprint density at radius 1 is 0.914 bits per heavy atom. The van der Waals surface area contributed by atoms with Gasteiger partial charge in [-0.15, -0.1) is 12.4 Å². The number of hydrogen-bond donors (Lipinski definition) is 1. The fraction of sp³-hybridized carbons (Fsp3) is 0.321. The van der Waals surface area contributed by atoms with Crippen molar-refractivity contribution in [2.75, 3.05) is 19.6 Å². The topological polar surface area (TPSA) is 43.8 Å². The van der Waals surface area contributed by atoms with Crippen LogP contribution in [0.15, 0.2) is 72.8 Å². The molecule has 0 bridgehead atoms. The Labute approximate surface area is 222 Å². The molecule has 7 heteroatoms. The van der Waals surface area contributed by atoms with Gasteiger partial charge < -0.3 is 14.9 Å². The minimum atomic E-state index is -0.770. The molecule has 0 aliphatic carbocycles. The van der Waals surface area contributed by atoms with Crippen LogP contribution in [-0.2, 0) is 12.1 Å². The highest BCUT2D eigenvalue weighted by molar-refractivity contribution is 6.42. The highest BCUT2D eigenvalue weighted by Gasteiger charge is 2.36. The van der Waals surface area contributed by atoms with Gasteiger partial charge in [0.1, 0.15) is 0 Å². The van der Waals surface area contributed by atoms with Gasteiger partial charge in [0.2, 0.25) is 0 Å². The smallest absolute Gasteiger partial charge is 0.255 e. The molecule has 0 saturated carbocycles. The van der Waals surface area contributed by atoms with Crippen LogP contribution in [0.3, 0.4) is 0 Å². The zero-order chi connectivity index (χ0) is 23.7. The van der Waals surface area contributed by atoms with Crippen LogP contribution < -0.4 is 0 Å². The number of rotatable bonds is 6. The van der Waals surface area contributed by atoms with E-state index in [1.807, 2.05) is 71.6 Å². The largest absolute Gasteiger partial charge is 0.385 e. The molecular weight excluding hydrogens is 503 g/mol. The number of carbonyl (C=O) groups excluding carboxylic acids is 1. The summed E-state index contributed by atoms with van der Waals surface area (Å²) in [7, 11) is 0. The van der Waals surface area contributed by atoms with Crippen LogP contribution in [-0.4, -0.2) is 40.4 Å². The van der Waals surface area contributed by atoms with Gasteiger partial charge in [-0.05, 0) is 54.2 Å². The van der Waals surface area contributed by atoms with Gasteiger partial charge in [0.15, 0.2) is 0 Å². The lowest BCUT2D eigenvalue weighted by Crippen LogP contribution is -2.43. The van der Waals surface area contributed by atoms with E-state index in [9.17, 15) is 9.90 Å². The first-order valence-electron chi connectivity index (χ1n) is 11.8. The quantitative estimate of drug-likeness (QED) is 0.396. The molecule has 35 heavy (non-hydrogen) atoms. The fourth-order valence-corrected chi connectivity index (χ4v) is 5.55. The van der Waals surface area contributed by atoms with Crippen LogP contribution in [0.4, 0.5) is 0 Å². The number of piperidine rings is 1. The summed E-state index contributed by atoms with van der Waals surface area (Å²) in [6, 6.07) is 23.3. The summed E-state index contributed by atoms with van der Waals surface area (Å²) in [6.07, 6.45) is 2.17. The Hall–Kier alpha value is -2.08. The van der Waals surface area contributed by atoms with Crippen LogP contribution in [0, 0.1) is 0 Å². The van der Waals surface area contributed by atoms with E-state index >= 15 is 0 Å².